The number of hydrogen-bond acceptors (Lipinski definition) is 4. The average Bonchev–Trinajstić information content (AvgIpc) is 3.19. The van der Waals surface area contributed by atoms with Crippen molar-refractivity contribution in [2.24, 2.45) is 0 Å². The second-order valence-electron chi connectivity index (χ2n) is 5.98. The lowest BCUT2D eigenvalue weighted by Gasteiger charge is -2.23. The minimum Gasteiger partial charge on any atom is -0.488 e. The molecule has 1 N–H and O–H groups in total. The van der Waals surface area contributed by atoms with Gasteiger partial charge in [-0.25, -0.2) is 0 Å². The smallest absolute Gasteiger partial charge is 0.223 e. The molecule has 0 aliphatic carbocycles. The minimum absolute atomic E-state index is 0.0239. The normalized spacial score (nSPS) is 22.1. The molecule has 4 nitrogen and oxygen atoms in total. The number of rotatable bonds is 4. The Morgan fingerprint density at radius 2 is 2.17 bits per heavy atom. The molecule has 3 heterocycles. The van der Waals surface area contributed by atoms with Gasteiger partial charge in [0.1, 0.15) is 18.0 Å². The molecule has 1 aromatic carbocycles. The number of hydrogen-bond donors (Lipinski definition) is 1. The van der Waals surface area contributed by atoms with Gasteiger partial charge < -0.3 is 14.8 Å². The van der Waals surface area contributed by atoms with Crippen LogP contribution in [0.5, 0.6) is 5.75 Å². The largest absolute Gasteiger partial charge is 0.488 e. The molecule has 4 rings (SSSR count). The number of thiophene rings is 1. The van der Waals surface area contributed by atoms with Crippen LogP contribution in [0.4, 0.5) is 0 Å². The Hall–Kier alpha value is -1.85. The molecule has 1 aromatic heterocycles. The number of nitrogens with one attached hydrogen (secondary N) is 1. The van der Waals surface area contributed by atoms with Gasteiger partial charge in [0, 0.05) is 11.3 Å². The van der Waals surface area contributed by atoms with E-state index in [4.69, 9.17) is 9.47 Å². The topological polar surface area (TPSA) is 47.6 Å². The molecule has 2 atom stereocenters. The first-order chi connectivity index (χ1) is 11.3. The lowest BCUT2D eigenvalue weighted by atomic mass is 10.1. The summed E-state index contributed by atoms with van der Waals surface area (Å²) >= 11 is 1.68. The zero-order valence-corrected chi connectivity index (χ0v) is 13.6. The number of carbonyl (C=O) groups is 1. The highest BCUT2D eigenvalue weighted by molar-refractivity contribution is 7.10. The van der Waals surface area contributed by atoms with E-state index in [1.807, 2.05) is 18.2 Å². The van der Waals surface area contributed by atoms with Crippen LogP contribution < -0.4 is 10.1 Å². The second kappa shape index (κ2) is 6.34. The van der Waals surface area contributed by atoms with Gasteiger partial charge in [-0.05, 0) is 35.1 Å². The van der Waals surface area contributed by atoms with E-state index in [2.05, 4.69) is 22.8 Å². The highest BCUT2D eigenvalue weighted by atomic mass is 32.1. The molecular formula is C18H19NO3S. The highest BCUT2D eigenvalue weighted by Crippen LogP contribution is 2.34. The van der Waals surface area contributed by atoms with Crippen LogP contribution in [0.25, 0.3) is 0 Å². The molecule has 0 radical (unpaired) electrons. The van der Waals surface area contributed by atoms with E-state index in [0.29, 0.717) is 19.6 Å². The number of para-hydroxylation sites is 1. The van der Waals surface area contributed by atoms with E-state index in [0.717, 1.165) is 18.6 Å². The molecule has 1 amide bonds. The third kappa shape index (κ3) is 3.12. The van der Waals surface area contributed by atoms with Crippen molar-refractivity contribution in [2.75, 3.05) is 13.2 Å². The Morgan fingerprint density at radius 3 is 3.09 bits per heavy atom. The van der Waals surface area contributed by atoms with Crippen LogP contribution in [-0.4, -0.2) is 25.2 Å². The number of amides is 1. The molecular weight excluding hydrogens is 310 g/mol. The molecule has 0 unspecified atom stereocenters. The van der Waals surface area contributed by atoms with Crippen molar-refractivity contribution in [3.8, 4) is 5.75 Å². The number of carbonyl (C=O) groups excluding carboxylic acids is 1. The van der Waals surface area contributed by atoms with Gasteiger partial charge in [-0.2, -0.15) is 0 Å². The summed E-state index contributed by atoms with van der Waals surface area (Å²) in [6.07, 6.45) is 2.12. The summed E-state index contributed by atoms with van der Waals surface area (Å²) in [5, 5.41) is 5.07. The van der Waals surface area contributed by atoms with Gasteiger partial charge in [-0.1, -0.05) is 18.2 Å². The Morgan fingerprint density at radius 1 is 1.26 bits per heavy atom. The lowest BCUT2D eigenvalue weighted by Crippen LogP contribution is -2.35. The predicted octanol–water partition coefficient (Wildman–Crippen LogP) is 2.87. The summed E-state index contributed by atoms with van der Waals surface area (Å²) in [7, 11) is 0. The summed E-state index contributed by atoms with van der Waals surface area (Å²) in [5.41, 5.74) is 2.54. The first kappa shape index (κ1) is 14.7. The van der Waals surface area contributed by atoms with E-state index in [-0.39, 0.29) is 18.1 Å². The Kier molecular flexibility index (Phi) is 4.06. The molecule has 0 saturated carbocycles. The van der Waals surface area contributed by atoms with Crippen LogP contribution in [0.15, 0.2) is 35.7 Å². The van der Waals surface area contributed by atoms with Crippen molar-refractivity contribution in [1.29, 1.82) is 0 Å². The Balaban J connectivity index is 1.29. The summed E-state index contributed by atoms with van der Waals surface area (Å²) in [6.45, 7) is 1.24. The number of ether oxygens (including phenoxy) is 2. The third-order valence-corrected chi connectivity index (χ3v) is 5.43. The highest BCUT2D eigenvalue weighted by Gasteiger charge is 2.26. The van der Waals surface area contributed by atoms with Gasteiger partial charge in [0.05, 0.1) is 19.6 Å². The van der Waals surface area contributed by atoms with Crippen LogP contribution in [0.2, 0.25) is 0 Å². The molecule has 5 heteroatoms. The SMILES string of the molecule is O=C(C[C@@H]1OCCc2ccsc21)NC[C@@H]1Cc2ccccc2O1. The van der Waals surface area contributed by atoms with Gasteiger partial charge in [-0.15, -0.1) is 11.3 Å². The quantitative estimate of drug-likeness (QED) is 0.938. The summed E-state index contributed by atoms with van der Waals surface area (Å²) in [6, 6.07) is 10.2. The van der Waals surface area contributed by atoms with Crippen molar-refractivity contribution < 1.29 is 14.3 Å². The monoisotopic (exact) mass is 329 g/mol. The molecule has 0 spiro atoms. The average molecular weight is 329 g/mol. The van der Waals surface area contributed by atoms with Crippen molar-refractivity contribution >= 4 is 17.2 Å². The van der Waals surface area contributed by atoms with E-state index in [1.54, 1.807) is 11.3 Å². The van der Waals surface area contributed by atoms with Crippen molar-refractivity contribution in [3.05, 3.63) is 51.7 Å². The molecule has 2 aromatic rings. The third-order valence-electron chi connectivity index (χ3n) is 4.38. The maximum atomic E-state index is 12.2. The van der Waals surface area contributed by atoms with Crippen molar-refractivity contribution in [3.63, 3.8) is 0 Å². The van der Waals surface area contributed by atoms with Gasteiger partial charge in [0.15, 0.2) is 0 Å². The predicted molar refractivity (Wildman–Crippen MR) is 88.9 cm³/mol. The van der Waals surface area contributed by atoms with Crippen LogP contribution in [-0.2, 0) is 22.4 Å². The summed E-state index contributed by atoms with van der Waals surface area (Å²) in [4.78, 5) is 13.4. The minimum atomic E-state index is -0.0968. The van der Waals surface area contributed by atoms with Gasteiger partial charge in [-0.3, -0.25) is 4.79 Å². The number of fused-ring (bicyclic) bond motifs is 2. The van der Waals surface area contributed by atoms with Gasteiger partial charge >= 0.3 is 0 Å². The first-order valence-electron chi connectivity index (χ1n) is 7.99. The van der Waals surface area contributed by atoms with Crippen LogP contribution >= 0.6 is 11.3 Å². The molecule has 0 fully saturated rings. The van der Waals surface area contributed by atoms with Crippen molar-refractivity contribution in [2.45, 2.75) is 31.5 Å². The number of benzene rings is 1. The Bertz CT molecular complexity index is 687. The Labute approximate surface area is 139 Å². The molecule has 23 heavy (non-hydrogen) atoms. The standard InChI is InChI=1S/C18H19NO3S/c20-17(10-16-18-12(5-7-21-16)6-8-23-18)19-11-14-9-13-3-1-2-4-15(13)22-14/h1-4,6,8,14,16H,5,7,9-11H2,(H,19,20)/t14-,16-/m0/s1. The summed E-state index contributed by atoms with van der Waals surface area (Å²) in [5.74, 6) is 0.960. The van der Waals surface area contributed by atoms with Gasteiger partial charge in [0.25, 0.3) is 0 Å². The fourth-order valence-corrected chi connectivity index (χ4v) is 4.21. The first-order valence-corrected chi connectivity index (χ1v) is 8.86. The van der Waals surface area contributed by atoms with Crippen molar-refractivity contribution in [1.82, 2.24) is 5.32 Å². The van der Waals surface area contributed by atoms with E-state index in [9.17, 15) is 4.79 Å². The van der Waals surface area contributed by atoms with Crippen LogP contribution in [0, 0.1) is 0 Å². The summed E-state index contributed by atoms with van der Waals surface area (Å²) < 4.78 is 11.6. The maximum Gasteiger partial charge on any atom is 0.223 e. The molecule has 120 valence electrons. The molecule has 2 aliphatic rings. The fourth-order valence-electron chi connectivity index (χ4n) is 3.21. The van der Waals surface area contributed by atoms with Crippen LogP contribution in [0.1, 0.15) is 28.5 Å². The molecule has 2 aliphatic heterocycles. The van der Waals surface area contributed by atoms with Crippen LogP contribution in [0.3, 0.4) is 0 Å². The maximum absolute atomic E-state index is 12.2. The van der Waals surface area contributed by atoms with E-state index < -0.39 is 0 Å². The zero-order valence-electron chi connectivity index (χ0n) is 12.8. The molecule has 0 saturated heterocycles. The van der Waals surface area contributed by atoms with Gasteiger partial charge in [0.2, 0.25) is 5.91 Å². The van der Waals surface area contributed by atoms with E-state index >= 15 is 0 Å². The molecule has 0 bridgehead atoms. The van der Waals surface area contributed by atoms with E-state index in [1.165, 1.54) is 16.0 Å². The second-order valence-corrected chi connectivity index (χ2v) is 6.93. The lowest BCUT2D eigenvalue weighted by molar-refractivity contribution is -0.124. The fraction of sp³-hybridized carbons (Fsp3) is 0.389. The zero-order chi connectivity index (χ0) is 15.6.